The van der Waals surface area contributed by atoms with Crippen molar-refractivity contribution in [3.8, 4) is 0 Å². The molecule has 0 aromatic carbocycles. The Kier molecular flexibility index (Phi) is 3.49. The smallest absolute Gasteiger partial charge is 0.325 e. The first kappa shape index (κ1) is 11.0. The third-order valence-corrected chi connectivity index (χ3v) is 2.47. The summed E-state index contributed by atoms with van der Waals surface area (Å²) in [7, 11) is 1.64. The van der Waals surface area contributed by atoms with Crippen LogP contribution < -0.4 is 0 Å². The van der Waals surface area contributed by atoms with E-state index < -0.39 is 0 Å². The van der Waals surface area contributed by atoms with Crippen LogP contribution in [0.25, 0.3) is 0 Å². The summed E-state index contributed by atoms with van der Waals surface area (Å²) in [6.07, 6.45) is 0.950. The zero-order valence-corrected chi connectivity index (χ0v) is 8.95. The number of amides is 1. The number of ether oxygens (including phenoxy) is 1. The molecule has 2 atom stereocenters. The van der Waals surface area contributed by atoms with E-state index in [2.05, 4.69) is 0 Å². The van der Waals surface area contributed by atoms with Gasteiger partial charge in [0.1, 0.15) is 6.54 Å². The van der Waals surface area contributed by atoms with E-state index in [1.807, 2.05) is 6.92 Å². The Morgan fingerprint density at radius 2 is 2.07 bits per heavy atom. The lowest BCUT2D eigenvalue weighted by Crippen LogP contribution is -2.34. The molecule has 0 heterocycles. The average molecular weight is 199 g/mol. The number of esters is 1. The SMILES string of the molecule is CCOC(=O)CN(C)C(=O)C1CC1C. The van der Waals surface area contributed by atoms with Crippen LogP contribution in [0, 0.1) is 11.8 Å². The van der Waals surface area contributed by atoms with E-state index in [9.17, 15) is 9.59 Å². The lowest BCUT2D eigenvalue weighted by atomic mass is 10.3. The molecule has 1 rings (SSSR count). The van der Waals surface area contributed by atoms with Crippen molar-refractivity contribution in [1.82, 2.24) is 4.90 Å². The molecule has 0 aliphatic heterocycles. The quantitative estimate of drug-likeness (QED) is 0.625. The second-order valence-corrected chi connectivity index (χ2v) is 3.82. The van der Waals surface area contributed by atoms with E-state index >= 15 is 0 Å². The van der Waals surface area contributed by atoms with Crippen LogP contribution in [-0.4, -0.2) is 37.0 Å². The normalized spacial score (nSPS) is 24.2. The second kappa shape index (κ2) is 4.44. The Hall–Kier alpha value is -1.06. The van der Waals surface area contributed by atoms with Gasteiger partial charge in [0.25, 0.3) is 0 Å². The molecular formula is C10H17NO3. The van der Waals surface area contributed by atoms with Crippen molar-refractivity contribution in [3.63, 3.8) is 0 Å². The van der Waals surface area contributed by atoms with Crippen LogP contribution in [0.4, 0.5) is 0 Å². The van der Waals surface area contributed by atoms with Crippen molar-refractivity contribution in [1.29, 1.82) is 0 Å². The van der Waals surface area contributed by atoms with Gasteiger partial charge in [-0.2, -0.15) is 0 Å². The number of nitrogens with zero attached hydrogens (tertiary/aromatic N) is 1. The fourth-order valence-corrected chi connectivity index (χ4v) is 1.43. The number of rotatable bonds is 4. The van der Waals surface area contributed by atoms with Gasteiger partial charge in [-0.1, -0.05) is 6.92 Å². The van der Waals surface area contributed by atoms with Gasteiger partial charge in [-0.25, -0.2) is 0 Å². The molecule has 0 aromatic rings. The summed E-state index contributed by atoms with van der Waals surface area (Å²) in [5, 5.41) is 0. The van der Waals surface area contributed by atoms with Crippen LogP contribution in [0.5, 0.6) is 0 Å². The predicted molar refractivity (Wildman–Crippen MR) is 51.5 cm³/mol. The van der Waals surface area contributed by atoms with E-state index in [-0.39, 0.29) is 24.3 Å². The standard InChI is InChI=1S/C10H17NO3/c1-4-14-9(12)6-11(3)10(13)8-5-7(8)2/h7-8H,4-6H2,1-3H3. The first-order valence-corrected chi connectivity index (χ1v) is 4.96. The lowest BCUT2D eigenvalue weighted by molar-refractivity contribution is -0.148. The molecule has 1 aliphatic carbocycles. The molecule has 1 aliphatic rings. The summed E-state index contributed by atoms with van der Waals surface area (Å²) in [6, 6.07) is 0. The summed E-state index contributed by atoms with van der Waals surface area (Å²) in [5.74, 6) is 0.337. The van der Waals surface area contributed by atoms with E-state index in [0.29, 0.717) is 12.5 Å². The molecule has 14 heavy (non-hydrogen) atoms. The number of hydrogen-bond donors (Lipinski definition) is 0. The van der Waals surface area contributed by atoms with Gasteiger partial charge in [-0.15, -0.1) is 0 Å². The van der Waals surface area contributed by atoms with Crippen molar-refractivity contribution in [2.24, 2.45) is 11.8 Å². The van der Waals surface area contributed by atoms with Crippen LogP contribution in [0.15, 0.2) is 0 Å². The van der Waals surface area contributed by atoms with Crippen LogP contribution in [-0.2, 0) is 14.3 Å². The summed E-state index contributed by atoms with van der Waals surface area (Å²) in [5.41, 5.74) is 0. The van der Waals surface area contributed by atoms with E-state index in [1.54, 1.807) is 14.0 Å². The summed E-state index contributed by atoms with van der Waals surface area (Å²) in [4.78, 5) is 24.1. The van der Waals surface area contributed by atoms with Crippen molar-refractivity contribution < 1.29 is 14.3 Å². The van der Waals surface area contributed by atoms with Gasteiger partial charge in [-0.05, 0) is 19.3 Å². The van der Waals surface area contributed by atoms with E-state index in [0.717, 1.165) is 6.42 Å². The molecule has 4 nitrogen and oxygen atoms in total. The van der Waals surface area contributed by atoms with Gasteiger partial charge >= 0.3 is 5.97 Å². The number of hydrogen-bond acceptors (Lipinski definition) is 3. The molecule has 0 saturated heterocycles. The first-order chi connectivity index (χ1) is 6.56. The Bertz CT molecular complexity index is 240. The molecule has 0 bridgehead atoms. The molecule has 0 aromatic heterocycles. The maximum absolute atomic E-state index is 11.6. The molecule has 80 valence electrons. The van der Waals surface area contributed by atoms with Crippen LogP contribution in [0.1, 0.15) is 20.3 Å². The van der Waals surface area contributed by atoms with Gasteiger partial charge in [0.15, 0.2) is 0 Å². The molecule has 1 amide bonds. The monoisotopic (exact) mass is 199 g/mol. The molecular weight excluding hydrogens is 182 g/mol. The summed E-state index contributed by atoms with van der Waals surface area (Å²) < 4.78 is 4.76. The zero-order chi connectivity index (χ0) is 10.7. The highest BCUT2D eigenvalue weighted by atomic mass is 16.5. The molecule has 1 fully saturated rings. The predicted octanol–water partition coefficient (Wildman–Crippen LogP) is 0.664. The Labute approximate surface area is 84.2 Å². The number of carbonyl (C=O) groups is 2. The van der Waals surface area contributed by atoms with Crippen molar-refractivity contribution >= 4 is 11.9 Å². The highest BCUT2D eigenvalue weighted by Gasteiger charge is 2.40. The van der Waals surface area contributed by atoms with Gasteiger partial charge < -0.3 is 9.64 Å². The zero-order valence-electron chi connectivity index (χ0n) is 8.95. The topological polar surface area (TPSA) is 46.6 Å². The van der Waals surface area contributed by atoms with Gasteiger partial charge in [-0.3, -0.25) is 9.59 Å². The van der Waals surface area contributed by atoms with Crippen LogP contribution in [0.2, 0.25) is 0 Å². The molecule has 4 heteroatoms. The van der Waals surface area contributed by atoms with Crippen LogP contribution >= 0.6 is 0 Å². The highest BCUT2D eigenvalue weighted by Crippen LogP contribution is 2.38. The van der Waals surface area contributed by atoms with Gasteiger partial charge in [0, 0.05) is 13.0 Å². The van der Waals surface area contributed by atoms with Crippen LogP contribution in [0.3, 0.4) is 0 Å². The Balaban J connectivity index is 2.30. The molecule has 0 N–H and O–H groups in total. The summed E-state index contributed by atoms with van der Waals surface area (Å²) in [6.45, 7) is 4.22. The Morgan fingerprint density at radius 3 is 2.50 bits per heavy atom. The first-order valence-electron chi connectivity index (χ1n) is 4.96. The van der Waals surface area contributed by atoms with E-state index in [4.69, 9.17) is 4.74 Å². The fourth-order valence-electron chi connectivity index (χ4n) is 1.43. The fraction of sp³-hybridized carbons (Fsp3) is 0.800. The minimum Gasteiger partial charge on any atom is -0.465 e. The minimum absolute atomic E-state index is 0.0607. The van der Waals surface area contributed by atoms with Gasteiger partial charge in [0.2, 0.25) is 5.91 Å². The minimum atomic E-state index is -0.336. The largest absolute Gasteiger partial charge is 0.465 e. The third kappa shape index (κ3) is 2.72. The number of carbonyl (C=O) groups excluding carboxylic acids is 2. The highest BCUT2D eigenvalue weighted by molar-refractivity contribution is 5.85. The Morgan fingerprint density at radius 1 is 1.50 bits per heavy atom. The third-order valence-electron chi connectivity index (χ3n) is 2.47. The number of likely N-dealkylation sites (N-methyl/N-ethyl adjacent to an activating group) is 1. The molecule has 0 radical (unpaired) electrons. The molecule has 2 unspecified atom stereocenters. The summed E-state index contributed by atoms with van der Waals surface area (Å²) >= 11 is 0. The van der Waals surface area contributed by atoms with Crippen molar-refractivity contribution in [2.45, 2.75) is 20.3 Å². The molecule has 1 saturated carbocycles. The molecule has 0 spiro atoms. The maximum atomic E-state index is 11.6. The average Bonchev–Trinajstić information content (AvgIpc) is 2.81. The van der Waals surface area contributed by atoms with Crippen molar-refractivity contribution in [2.75, 3.05) is 20.2 Å². The van der Waals surface area contributed by atoms with Crippen molar-refractivity contribution in [3.05, 3.63) is 0 Å². The van der Waals surface area contributed by atoms with Gasteiger partial charge in [0.05, 0.1) is 6.61 Å². The lowest BCUT2D eigenvalue weighted by Gasteiger charge is -2.15. The van der Waals surface area contributed by atoms with E-state index in [1.165, 1.54) is 4.90 Å². The maximum Gasteiger partial charge on any atom is 0.325 e. The second-order valence-electron chi connectivity index (χ2n) is 3.82.